The van der Waals surface area contributed by atoms with E-state index < -0.39 is 0 Å². The molecule has 102 valence electrons. The highest BCUT2D eigenvalue weighted by atomic mass is 32.2. The Balaban J connectivity index is 4.28. The lowest BCUT2D eigenvalue weighted by molar-refractivity contribution is -0.133. The van der Waals surface area contributed by atoms with Crippen LogP contribution in [0.15, 0.2) is 0 Å². The zero-order valence-corrected chi connectivity index (χ0v) is 12.3. The topological polar surface area (TPSA) is 55.6 Å². The number of thioether (sulfide) groups is 1. The molecule has 0 rings (SSSR count). The molecule has 0 spiro atoms. The highest BCUT2D eigenvalue weighted by Crippen LogP contribution is 2.05. The monoisotopic (exact) mass is 262 g/mol. The number of amides is 1. The molecule has 17 heavy (non-hydrogen) atoms. The van der Waals surface area contributed by atoms with Gasteiger partial charge in [-0.05, 0) is 24.3 Å². The van der Waals surface area contributed by atoms with Crippen molar-refractivity contribution in [2.24, 2.45) is 11.7 Å². The van der Waals surface area contributed by atoms with Crippen molar-refractivity contribution < 1.29 is 9.53 Å². The van der Waals surface area contributed by atoms with Crippen molar-refractivity contribution in [3.8, 4) is 0 Å². The van der Waals surface area contributed by atoms with Crippen LogP contribution in [0.2, 0.25) is 0 Å². The van der Waals surface area contributed by atoms with E-state index in [0.717, 1.165) is 18.7 Å². The minimum Gasteiger partial charge on any atom is -0.383 e. The molecule has 0 aliphatic rings. The lowest BCUT2D eigenvalue weighted by Crippen LogP contribution is -2.46. The van der Waals surface area contributed by atoms with Crippen LogP contribution in [0.25, 0.3) is 0 Å². The van der Waals surface area contributed by atoms with Gasteiger partial charge in [0, 0.05) is 20.2 Å². The molecule has 0 aromatic heterocycles. The number of carbonyl (C=O) groups excluding carboxylic acids is 1. The molecule has 0 aromatic rings. The van der Waals surface area contributed by atoms with Gasteiger partial charge in [-0.15, -0.1) is 0 Å². The van der Waals surface area contributed by atoms with E-state index in [1.54, 1.807) is 18.9 Å². The maximum absolute atomic E-state index is 12.1. The van der Waals surface area contributed by atoms with E-state index >= 15 is 0 Å². The summed E-state index contributed by atoms with van der Waals surface area (Å²) in [7, 11) is 1.64. The smallest absolute Gasteiger partial charge is 0.239 e. The minimum absolute atomic E-state index is 0.0461. The van der Waals surface area contributed by atoms with Gasteiger partial charge in [-0.25, -0.2) is 0 Å². The van der Waals surface area contributed by atoms with Crippen molar-refractivity contribution in [1.82, 2.24) is 4.90 Å². The average molecular weight is 262 g/mol. The molecule has 0 aliphatic heterocycles. The number of hydrogen-bond acceptors (Lipinski definition) is 4. The van der Waals surface area contributed by atoms with E-state index in [9.17, 15) is 4.79 Å². The summed E-state index contributed by atoms with van der Waals surface area (Å²) in [4.78, 5) is 13.9. The molecule has 1 amide bonds. The summed E-state index contributed by atoms with van der Waals surface area (Å²) in [6, 6.07) is -0.377. The Kier molecular flexibility index (Phi) is 9.59. The van der Waals surface area contributed by atoms with Crippen LogP contribution < -0.4 is 5.73 Å². The number of hydrogen-bond donors (Lipinski definition) is 1. The van der Waals surface area contributed by atoms with Crippen molar-refractivity contribution in [2.75, 3.05) is 38.8 Å². The van der Waals surface area contributed by atoms with Crippen molar-refractivity contribution in [3.05, 3.63) is 0 Å². The van der Waals surface area contributed by atoms with E-state index in [0.29, 0.717) is 19.1 Å². The van der Waals surface area contributed by atoms with Gasteiger partial charge in [0.15, 0.2) is 0 Å². The second-order valence-electron chi connectivity index (χ2n) is 4.56. The van der Waals surface area contributed by atoms with Crippen LogP contribution in [0, 0.1) is 5.92 Å². The third-order valence-electron chi connectivity index (χ3n) is 2.41. The summed E-state index contributed by atoms with van der Waals surface area (Å²) in [6.07, 6.45) is 2.76. The van der Waals surface area contributed by atoms with E-state index in [-0.39, 0.29) is 11.9 Å². The van der Waals surface area contributed by atoms with Crippen LogP contribution >= 0.6 is 11.8 Å². The van der Waals surface area contributed by atoms with E-state index in [4.69, 9.17) is 10.5 Å². The Hall–Kier alpha value is -0.260. The summed E-state index contributed by atoms with van der Waals surface area (Å²) >= 11 is 1.72. The van der Waals surface area contributed by atoms with Crippen LogP contribution in [0.5, 0.6) is 0 Å². The van der Waals surface area contributed by atoms with Crippen LogP contribution in [-0.4, -0.2) is 55.7 Å². The van der Waals surface area contributed by atoms with Gasteiger partial charge in [-0.1, -0.05) is 13.8 Å². The van der Waals surface area contributed by atoms with Crippen LogP contribution in [-0.2, 0) is 9.53 Å². The summed E-state index contributed by atoms with van der Waals surface area (Å²) < 4.78 is 5.03. The highest BCUT2D eigenvalue weighted by Gasteiger charge is 2.20. The normalized spacial score (nSPS) is 12.8. The molecule has 0 bridgehead atoms. The SMILES string of the molecule is COCCN(CC(C)C)C(=O)[C@@H](N)CCSC. The Bertz CT molecular complexity index is 213. The molecule has 4 nitrogen and oxygen atoms in total. The average Bonchev–Trinajstić information content (AvgIpc) is 2.29. The first-order chi connectivity index (χ1) is 8.02. The lowest BCUT2D eigenvalue weighted by Gasteiger charge is -2.27. The Labute approximate surface area is 109 Å². The van der Waals surface area contributed by atoms with Gasteiger partial charge in [-0.2, -0.15) is 11.8 Å². The molecule has 0 heterocycles. The summed E-state index contributed by atoms with van der Waals surface area (Å²) in [6.45, 7) is 6.13. The molecule has 2 N–H and O–H groups in total. The van der Waals surface area contributed by atoms with Gasteiger partial charge in [0.1, 0.15) is 0 Å². The van der Waals surface area contributed by atoms with Gasteiger partial charge < -0.3 is 15.4 Å². The first-order valence-electron chi connectivity index (χ1n) is 6.05. The van der Waals surface area contributed by atoms with Gasteiger partial charge in [-0.3, -0.25) is 4.79 Å². The van der Waals surface area contributed by atoms with E-state index in [1.807, 2.05) is 11.2 Å². The van der Waals surface area contributed by atoms with E-state index in [1.165, 1.54) is 0 Å². The number of rotatable bonds is 9. The largest absolute Gasteiger partial charge is 0.383 e. The molecule has 0 unspecified atom stereocenters. The van der Waals surface area contributed by atoms with Gasteiger partial charge in [0.25, 0.3) is 0 Å². The van der Waals surface area contributed by atoms with E-state index in [2.05, 4.69) is 13.8 Å². The molecule has 0 saturated heterocycles. The molecule has 1 atom stereocenters. The fraction of sp³-hybridized carbons (Fsp3) is 0.917. The predicted octanol–water partition coefficient (Wildman–Crippen LogP) is 1.20. The Morgan fingerprint density at radius 3 is 2.59 bits per heavy atom. The molecule has 0 aromatic carbocycles. The summed E-state index contributed by atoms with van der Waals surface area (Å²) in [5.74, 6) is 1.42. The maximum atomic E-state index is 12.1. The van der Waals surface area contributed by atoms with Crippen LogP contribution in [0.1, 0.15) is 20.3 Å². The van der Waals surface area contributed by atoms with Crippen molar-refractivity contribution >= 4 is 17.7 Å². The van der Waals surface area contributed by atoms with Crippen molar-refractivity contribution in [1.29, 1.82) is 0 Å². The third-order valence-corrected chi connectivity index (χ3v) is 3.06. The third kappa shape index (κ3) is 7.63. The molecule has 0 fully saturated rings. The second kappa shape index (κ2) is 9.74. The molecule has 0 saturated carbocycles. The zero-order valence-electron chi connectivity index (χ0n) is 11.4. The minimum atomic E-state index is -0.377. The number of nitrogens with two attached hydrogens (primary N) is 1. The number of nitrogens with zero attached hydrogens (tertiary/aromatic N) is 1. The number of carbonyl (C=O) groups is 1. The summed E-state index contributed by atoms with van der Waals surface area (Å²) in [5.41, 5.74) is 5.91. The first-order valence-corrected chi connectivity index (χ1v) is 7.44. The fourth-order valence-corrected chi connectivity index (χ4v) is 2.03. The lowest BCUT2D eigenvalue weighted by atomic mass is 10.1. The van der Waals surface area contributed by atoms with Crippen LogP contribution in [0.3, 0.4) is 0 Å². The fourth-order valence-electron chi connectivity index (χ4n) is 1.54. The molecular formula is C12H26N2O2S. The molecular weight excluding hydrogens is 236 g/mol. The van der Waals surface area contributed by atoms with Crippen LogP contribution in [0.4, 0.5) is 0 Å². The first kappa shape index (κ1) is 16.7. The van der Waals surface area contributed by atoms with Gasteiger partial charge >= 0.3 is 0 Å². The molecule has 5 heteroatoms. The molecule has 0 aliphatic carbocycles. The quantitative estimate of drug-likeness (QED) is 0.678. The summed E-state index contributed by atoms with van der Waals surface area (Å²) in [5, 5.41) is 0. The second-order valence-corrected chi connectivity index (χ2v) is 5.54. The zero-order chi connectivity index (χ0) is 13.3. The maximum Gasteiger partial charge on any atom is 0.239 e. The number of ether oxygens (including phenoxy) is 1. The van der Waals surface area contributed by atoms with Crippen molar-refractivity contribution in [3.63, 3.8) is 0 Å². The molecule has 0 radical (unpaired) electrons. The predicted molar refractivity (Wildman–Crippen MR) is 74.3 cm³/mol. The number of methoxy groups -OCH3 is 1. The van der Waals surface area contributed by atoms with Crippen molar-refractivity contribution in [2.45, 2.75) is 26.3 Å². The van der Waals surface area contributed by atoms with Gasteiger partial charge in [0.2, 0.25) is 5.91 Å². The van der Waals surface area contributed by atoms with Gasteiger partial charge in [0.05, 0.1) is 12.6 Å². The standard InChI is InChI=1S/C12H26N2O2S/c1-10(2)9-14(6-7-16-3)12(15)11(13)5-8-17-4/h10-11H,5-9,13H2,1-4H3/t11-/m0/s1. The Morgan fingerprint density at radius 2 is 2.12 bits per heavy atom. The highest BCUT2D eigenvalue weighted by molar-refractivity contribution is 7.98. The Morgan fingerprint density at radius 1 is 1.47 bits per heavy atom.